The van der Waals surface area contributed by atoms with E-state index >= 15 is 0 Å². The maximum Gasteiger partial charge on any atom is 0.283 e. The van der Waals surface area contributed by atoms with Crippen molar-refractivity contribution in [2.45, 2.75) is 10.9 Å². The van der Waals surface area contributed by atoms with Crippen LogP contribution in [0.5, 0.6) is 0 Å². The fourth-order valence-electron chi connectivity index (χ4n) is 3.41. The van der Waals surface area contributed by atoms with Crippen molar-refractivity contribution in [3.05, 3.63) is 100 Å². The van der Waals surface area contributed by atoms with Crippen LogP contribution in [0.15, 0.2) is 82.7 Å². The molecule has 0 aliphatic heterocycles. The molecular weight excluding hydrogens is 404 g/mol. The average molecular weight is 419 g/mol. The number of benzene rings is 3. The van der Waals surface area contributed by atoms with Gasteiger partial charge >= 0.3 is 0 Å². The highest BCUT2D eigenvalue weighted by Crippen LogP contribution is 2.28. The summed E-state index contributed by atoms with van der Waals surface area (Å²) in [7, 11) is 0. The maximum absolute atomic E-state index is 14.1. The Morgan fingerprint density at radius 2 is 1.67 bits per heavy atom. The van der Waals surface area contributed by atoms with Crippen LogP contribution in [0, 0.1) is 11.6 Å². The van der Waals surface area contributed by atoms with Gasteiger partial charge in [-0.3, -0.25) is 9.36 Å². The van der Waals surface area contributed by atoms with Crippen molar-refractivity contribution in [2.24, 2.45) is 0 Å². The summed E-state index contributed by atoms with van der Waals surface area (Å²) < 4.78 is 29.0. The van der Waals surface area contributed by atoms with Gasteiger partial charge in [0.05, 0.1) is 5.69 Å². The summed E-state index contributed by atoms with van der Waals surface area (Å²) >= 11 is 1.26. The monoisotopic (exact) mass is 419 g/mol. The summed E-state index contributed by atoms with van der Waals surface area (Å²) in [5.41, 5.74) is 2.45. The molecule has 1 N–H and O–H groups in total. The van der Waals surface area contributed by atoms with Gasteiger partial charge in [-0.2, -0.15) is 0 Å². The van der Waals surface area contributed by atoms with E-state index < -0.39 is 5.82 Å². The van der Waals surface area contributed by atoms with Crippen LogP contribution < -0.4 is 5.56 Å². The number of nitrogens with one attached hydrogen (secondary N) is 1. The molecule has 0 radical (unpaired) electrons. The van der Waals surface area contributed by atoms with Crippen LogP contribution in [-0.4, -0.2) is 14.5 Å². The second kappa shape index (κ2) is 7.42. The van der Waals surface area contributed by atoms with Gasteiger partial charge in [-0.25, -0.2) is 13.8 Å². The molecule has 0 spiro atoms. The Morgan fingerprint density at radius 1 is 0.933 bits per heavy atom. The highest BCUT2D eigenvalue weighted by atomic mass is 32.2. The zero-order valence-corrected chi connectivity index (χ0v) is 16.4. The van der Waals surface area contributed by atoms with E-state index in [2.05, 4.69) is 4.98 Å². The van der Waals surface area contributed by atoms with Crippen molar-refractivity contribution in [3.8, 4) is 5.69 Å². The molecule has 0 atom stereocenters. The summed E-state index contributed by atoms with van der Waals surface area (Å²) in [5, 5.41) is 1.25. The first-order valence-electron chi connectivity index (χ1n) is 9.27. The number of aromatic nitrogens is 3. The molecule has 2 aromatic heterocycles. The van der Waals surface area contributed by atoms with Crippen LogP contribution in [-0.2, 0) is 5.75 Å². The maximum atomic E-state index is 14.1. The fourth-order valence-corrected chi connectivity index (χ4v) is 4.41. The number of rotatable bonds is 4. The summed E-state index contributed by atoms with van der Waals surface area (Å²) in [6.07, 6.45) is 0. The molecule has 4 nitrogen and oxygen atoms in total. The molecule has 0 aliphatic carbocycles. The van der Waals surface area contributed by atoms with E-state index in [9.17, 15) is 13.6 Å². The highest BCUT2D eigenvalue weighted by molar-refractivity contribution is 7.98. The SMILES string of the molecule is O=c1c2[nH]c3ccccc3c2nc(SCc2ccccc2F)n1-c1ccc(F)cc1. The lowest BCUT2D eigenvalue weighted by Gasteiger charge is -2.12. The average Bonchev–Trinajstić information content (AvgIpc) is 3.13. The lowest BCUT2D eigenvalue weighted by molar-refractivity contribution is 0.617. The molecule has 148 valence electrons. The minimum Gasteiger partial charge on any atom is -0.349 e. The summed E-state index contributed by atoms with van der Waals surface area (Å²) in [4.78, 5) is 21.3. The second-order valence-electron chi connectivity index (χ2n) is 6.79. The van der Waals surface area contributed by atoms with Crippen molar-refractivity contribution in [1.82, 2.24) is 14.5 Å². The van der Waals surface area contributed by atoms with Gasteiger partial charge in [0, 0.05) is 16.7 Å². The van der Waals surface area contributed by atoms with Gasteiger partial charge in [0.1, 0.15) is 22.7 Å². The molecule has 0 bridgehead atoms. The number of hydrogen-bond acceptors (Lipinski definition) is 3. The van der Waals surface area contributed by atoms with Crippen molar-refractivity contribution in [2.75, 3.05) is 0 Å². The molecule has 0 amide bonds. The van der Waals surface area contributed by atoms with Crippen LogP contribution in [0.2, 0.25) is 0 Å². The normalized spacial score (nSPS) is 11.4. The third-order valence-electron chi connectivity index (χ3n) is 4.89. The van der Waals surface area contributed by atoms with E-state index in [1.807, 2.05) is 24.3 Å². The van der Waals surface area contributed by atoms with E-state index in [1.165, 1.54) is 46.7 Å². The molecule has 0 saturated heterocycles. The summed E-state index contributed by atoms with van der Waals surface area (Å²) in [5.74, 6) is -0.408. The number of nitrogens with zero attached hydrogens (tertiary/aromatic N) is 2. The number of fused-ring (bicyclic) bond motifs is 3. The van der Waals surface area contributed by atoms with E-state index in [-0.39, 0.29) is 11.4 Å². The first kappa shape index (κ1) is 18.6. The summed E-state index contributed by atoms with van der Waals surface area (Å²) in [6.45, 7) is 0. The quantitative estimate of drug-likeness (QED) is 0.312. The van der Waals surface area contributed by atoms with E-state index in [1.54, 1.807) is 18.2 Å². The van der Waals surface area contributed by atoms with Crippen LogP contribution in [0.4, 0.5) is 8.78 Å². The van der Waals surface area contributed by atoms with Crippen molar-refractivity contribution < 1.29 is 8.78 Å². The summed E-state index contributed by atoms with van der Waals surface area (Å²) in [6, 6.07) is 19.7. The minimum absolute atomic E-state index is 0.293. The predicted molar refractivity (Wildman–Crippen MR) is 115 cm³/mol. The lowest BCUT2D eigenvalue weighted by atomic mass is 10.2. The van der Waals surface area contributed by atoms with Crippen molar-refractivity contribution in [3.63, 3.8) is 0 Å². The van der Waals surface area contributed by atoms with Gasteiger partial charge in [0.15, 0.2) is 5.16 Å². The van der Waals surface area contributed by atoms with Gasteiger partial charge in [-0.05, 0) is 42.0 Å². The molecule has 5 rings (SSSR count). The molecular formula is C23H15F2N3OS. The van der Waals surface area contributed by atoms with Crippen molar-refractivity contribution >= 4 is 33.7 Å². The Hall–Kier alpha value is -3.45. The second-order valence-corrected chi connectivity index (χ2v) is 7.73. The third kappa shape index (κ3) is 3.17. The zero-order valence-electron chi connectivity index (χ0n) is 15.6. The first-order valence-corrected chi connectivity index (χ1v) is 10.3. The minimum atomic E-state index is -0.396. The lowest BCUT2D eigenvalue weighted by Crippen LogP contribution is -2.21. The first-order chi connectivity index (χ1) is 14.6. The number of aromatic amines is 1. The topological polar surface area (TPSA) is 50.7 Å². The molecule has 5 aromatic rings. The van der Waals surface area contributed by atoms with Crippen LogP contribution >= 0.6 is 11.8 Å². The van der Waals surface area contributed by atoms with Gasteiger partial charge in [0.2, 0.25) is 0 Å². The fraction of sp³-hybridized carbons (Fsp3) is 0.0435. The number of hydrogen-bond donors (Lipinski definition) is 1. The van der Waals surface area contributed by atoms with E-state index in [0.29, 0.717) is 33.2 Å². The Kier molecular flexibility index (Phi) is 4.59. The van der Waals surface area contributed by atoms with Gasteiger partial charge in [0.25, 0.3) is 5.56 Å². The van der Waals surface area contributed by atoms with Crippen LogP contribution in [0.3, 0.4) is 0 Å². The Balaban J connectivity index is 1.72. The number of halogens is 2. The number of H-pyrrole nitrogens is 1. The standard InChI is InChI=1S/C23H15F2N3OS/c24-15-9-11-16(12-10-15)28-22(29)21-20(17-6-2-4-8-19(17)26-21)27-23(28)30-13-14-5-1-3-7-18(14)25/h1-12,26H,13H2. The molecule has 2 heterocycles. The van der Waals surface area contributed by atoms with Crippen LogP contribution in [0.1, 0.15) is 5.56 Å². The van der Waals surface area contributed by atoms with Crippen LogP contribution in [0.25, 0.3) is 27.6 Å². The molecule has 0 saturated carbocycles. The van der Waals surface area contributed by atoms with Gasteiger partial charge in [-0.15, -0.1) is 0 Å². The Labute approximate surface area is 174 Å². The highest BCUT2D eigenvalue weighted by Gasteiger charge is 2.17. The van der Waals surface area contributed by atoms with Gasteiger partial charge in [-0.1, -0.05) is 48.2 Å². The molecule has 0 aliphatic rings. The number of para-hydroxylation sites is 1. The largest absolute Gasteiger partial charge is 0.349 e. The van der Waals surface area contributed by atoms with Crippen molar-refractivity contribution in [1.29, 1.82) is 0 Å². The molecule has 3 aromatic carbocycles. The molecule has 7 heteroatoms. The zero-order chi connectivity index (χ0) is 20.7. The smallest absolute Gasteiger partial charge is 0.283 e. The third-order valence-corrected chi connectivity index (χ3v) is 5.88. The van der Waals surface area contributed by atoms with Gasteiger partial charge < -0.3 is 4.98 Å². The molecule has 0 unspecified atom stereocenters. The molecule has 30 heavy (non-hydrogen) atoms. The van der Waals surface area contributed by atoms with E-state index in [0.717, 1.165) is 10.9 Å². The Bertz CT molecular complexity index is 1440. The Morgan fingerprint density at radius 3 is 2.47 bits per heavy atom. The van der Waals surface area contributed by atoms with E-state index in [4.69, 9.17) is 4.98 Å². The molecule has 0 fully saturated rings. The number of thioether (sulfide) groups is 1. The predicted octanol–water partition coefficient (Wildman–Crippen LogP) is 5.44.